The Hall–Kier alpha value is -3.02. The molecule has 4 aromatic rings. The second kappa shape index (κ2) is 7.99. The van der Waals surface area contributed by atoms with E-state index in [-0.39, 0.29) is 18.4 Å². The fourth-order valence-corrected chi connectivity index (χ4v) is 7.53. The fourth-order valence-electron chi connectivity index (χ4n) is 7.53. The van der Waals surface area contributed by atoms with Gasteiger partial charge in [0.1, 0.15) is 11.1 Å². The van der Waals surface area contributed by atoms with Gasteiger partial charge >= 0.3 is 0 Å². The van der Waals surface area contributed by atoms with Crippen LogP contribution in [0.4, 0.5) is 0 Å². The molecule has 183 valence electrons. The average molecular weight is 480 g/mol. The first kappa shape index (κ1) is 22.2. The first-order valence-corrected chi connectivity index (χ1v) is 13.5. The molecule has 3 aliphatic rings. The van der Waals surface area contributed by atoms with Crippen LogP contribution in [0.25, 0.3) is 32.3 Å². The van der Waals surface area contributed by atoms with Crippen LogP contribution in [0.5, 0.6) is 0 Å². The van der Waals surface area contributed by atoms with Crippen LogP contribution >= 0.6 is 0 Å². The smallest absolute Gasteiger partial charge is 0.252 e. The minimum absolute atomic E-state index is 0.225. The molecule has 7 rings (SSSR count). The normalized spacial score (nSPS) is 22.5. The fraction of sp³-hybridized carbons (Fsp3) is 0.419. The van der Waals surface area contributed by atoms with Crippen molar-refractivity contribution in [3.8, 4) is 0 Å². The Morgan fingerprint density at radius 3 is 1.69 bits per heavy atom. The number of hydroxylamine groups is 2. The Morgan fingerprint density at radius 1 is 0.611 bits per heavy atom. The first-order chi connectivity index (χ1) is 17.6. The van der Waals surface area contributed by atoms with Gasteiger partial charge in [0, 0.05) is 0 Å². The van der Waals surface area contributed by atoms with E-state index >= 15 is 0 Å². The first-order valence-electron chi connectivity index (χ1n) is 13.5. The average Bonchev–Trinajstić information content (AvgIpc) is 2.94. The van der Waals surface area contributed by atoms with E-state index in [1.165, 1.54) is 26.4 Å². The molecule has 2 saturated carbocycles. The minimum atomic E-state index is -1.09. The largest absolute Gasteiger partial charge is 0.275 e. The maximum atomic E-state index is 14.1. The molecule has 0 N–H and O–H groups in total. The van der Waals surface area contributed by atoms with Crippen molar-refractivity contribution in [1.29, 1.82) is 0 Å². The van der Waals surface area contributed by atoms with Gasteiger partial charge in [-0.2, -0.15) is 0 Å². The summed E-state index contributed by atoms with van der Waals surface area (Å²) >= 11 is 0. The highest BCUT2D eigenvalue weighted by molar-refractivity contribution is 6.23. The molecular formula is C31H31N2O3. The van der Waals surface area contributed by atoms with Crippen molar-refractivity contribution in [2.24, 2.45) is 0 Å². The van der Waals surface area contributed by atoms with Gasteiger partial charge in [-0.3, -0.25) is 14.5 Å². The maximum Gasteiger partial charge on any atom is 0.252 e. The molecule has 36 heavy (non-hydrogen) atoms. The van der Waals surface area contributed by atoms with Gasteiger partial charge < -0.3 is 0 Å². The summed E-state index contributed by atoms with van der Waals surface area (Å²) in [6.45, 7) is 0.225. The molecule has 3 fully saturated rings. The van der Waals surface area contributed by atoms with Crippen LogP contribution in [0.3, 0.4) is 0 Å². The van der Waals surface area contributed by atoms with Gasteiger partial charge in [0.05, 0.1) is 6.54 Å². The molecule has 1 radical (unpaired) electrons. The Labute approximate surface area is 211 Å². The molecule has 5 nitrogen and oxygen atoms in total. The standard InChI is InChI=1S/C31H31N2O3/c34-28-30(16-3-1-4-17-30)33(36)31(18-5-2-6-19-31)29(35)32(28)20-24-13-12-23-11-10-21-8-7-9-22-14-15-25(24)27(23)26(21)22/h7-15H,1-6,16-20H2. The SMILES string of the molecule is [O]N1C2(CCCCC2)C(=O)N(Cc2ccc3ccc4cccc5ccc2c3c45)C(=O)C12CCCCC2. The number of carbonyl (C=O) groups excluding carboxylic acids is 2. The number of carbonyl (C=O) groups is 2. The van der Waals surface area contributed by atoms with Gasteiger partial charge in [0.15, 0.2) is 0 Å². The predicted molar refractivity (Wildman–Crippen MR) is 140 cm³/mol. The third-order valence-corrected chi connectivity index (χ3v) is 9.37. The Kier molecular flexibility index (Phi) is 4.93. The zero-order chi connectivity index (χ0) is 24.5. The number of imide groups is 1. The molecule has 0 bridgehead atoms. The van der Waals surface area contributed by atoms with E-state index in [0.717, 1.165) is 59.9 Å². The number of hydrogen-bond acceptors (Lipinski definition) is 3. The van der Waals surface area contributed by atoms with Crippen molar-refractivity contribution in [3.63, 3.8) is 0 Å². The summed E-state index contributed by atoms with van der Waals surface area (Å²) in [4.78, 5) is 29.7. The van der Waals surface area contributed by atoms with E-state index in [1.807, 2.05) is 0 Å². The number of benzene rings is 4. The molecule has 5 heteroatoms. The zero-order valence-electron chi connectivity index (χ0n) is 20.6. The van der Waals surface area contributed by atoms with Crippen LogP contribution in [0.2, 0.25) is 0 Å². The van der Waals surface area contributed by atoms with E-state index in [1.54, 1.807) is 0 Å². The third kappa shape index (κ3) is 2.90. The molecular weight excluding hydrogens is 448 g/mol. The Bertz CT molecular complexity index is 1440. The predicted octanol–water partition coefficient (Wildman–Crippen LogP) is 6.51. The molecule has 0 unspecified atom stereocenters. The highest BCUT2D eigenvalue weighted by atomic mass is 16.5. The van der Waals surface area contributed by atoms with E-state index in [2.05, 4.69) is 54.6 Å². The summed E-state index contributed by atoms with van der Waals surface area (Å²) in [6, 6.07) is 19.1. The van der Waals surface area contributed by atoms with Crippen LogP contribution in [-0.4, -0.2) is 32.9 Å². The summed E-state index contributed by atoms with van der Waals surface area (Å²) < 4.78 is 0. The van der Waals surface area contributed by atoms with Crippen molar-refractivity contribution in [2.75, 3.05) is 0 Å². The lowest BCUT2D eigenvalue weighted by molar-refractivity contribution is -0.300. The third-order valence-electron chi connectivity index (χ3n) is 9.37. The van der Waals surface area contributed by atoms with E-state index < -0.39 is 11.1 Å². The van der Waals surface area contributed by atoms with Gasteiger partial charge in [-0.25, -0.2) is 0 Å². The quantitative estimate of drug-likeness (QED) is 0.243. The van der Waals surface area contributed by atoms with Crippen molar-refractivity contribution >= 4 is 44.1 Å². The lowest BCUT2D eigenvalue weighted by Crippen LogP contribution is -2.76. The van der Waals surface area contributed by atoms with Gasteiger partial charge in [0.2, 0.25) is 0 Å². The zero-order valence-corrected chi connectivity index (χ0v) is 20.6. The Morgan fingerprint density at radius 2 is 1.11 bits per heavy atom. The van der Waals surface area contributed by atoms with Crippen LogP contribution < -0.4 is 0 Å². The molecule has 4 aromatic carbocycles. The summed E-state index contributed by atoms with van der Waals surface area (Å²) in [5, 5.41) is 22.0. The Balaban J connectivity index is 1.37. The number of rotatable bonds is 2. The summed E-state index contributed by atoms with van der Waals surface area (Å²) in [5.74, 6) is -0.548. The van der Waals surface area contributed by atoms with E-state index in [0.29, 0.717) is 25.7 Å². The molecule has 2 spiro atoms. The van der Waals surface area contributed by atoms with Gasteiger partial charge in [-0.15, -0.1) is 10.3 Å². The summed E-state index contributed by atoms with van der Waals surface area (Å²) in [6.07, 6.45) is 7.75. The molecule has 1 saturated heterocycles. The molecule has 0 aromatic heterocycles. The lowest BCUT2D eigenvalue weighted by atomic mass is 9.70. The van der Waals surface area contributed by atoms with Crippen LogP contribution in [0.1, 0.15) is 69.8 Å². The molecule has 0 atom stereocenters. The number of amides is 2. The van der Waals surface area contributed by atoms with Gasteiger partial charge in [-0.1, -0.05) is 93.1 Å². The van der Waals surface area contributed by atoms with E-state index in [4.69, 9.17) is 0 Å². The second-order valence-electron chi connectivity index (χ2n) is 11.3. The molecule has 1 heterocycles. The molecule has 2 amide bonds. The van der Waals surface area contributed by atoms with Crippen molar-refractivity contribution in [3.05, 3.63) is 60.2 Å². The second-order valence-corrected chi connectivity index (χ2v) is 11.3. The van der Waals surface area contributed by atoms with Gasteiger partial charge in [-0.05, 0) is 63.6 Å². The van der Waals surface area contributed by atoms with Crippen molar-refractivity contribution in [1.82, 2.24) is 9.96 Å². The van der Waals surface area contributed by atoms with Gasteiger partial charge in [0.25, 0.3) is 11.8 Å². The van der Waals surface area contributed by atoms with Crippen LogP contribution in [0, 0.1) is 0 Å². The maximum absolute atomic E-state index is 14.1. The van der Waals surface area contributed by atoms with E-state index in [9.17, 15) is 14.8 Å². The number of hydrogen-bond donors (Lipinski definition) is 0. The minimum Gasteiger partial charge on any atom is -0.275 e. The van der Waals surface area contributed by atoms with Crippen molar-refractivity contribution in [2.45, 2.75) is 81.8 Å². The molecule has 1 aliphatic heterocycles. The summed E-state index contributed by atoms with van der Waals surface area (Å²) in [7, 11) is 0. The van der Waals surface area contributed by atoms with Crippen LogP contribution in [0.15, 0.2) is 54.6 Å². The molecule has 2 aliphatic carbocycles. The number of nitrogens with zero attached hydrogens (tertiary/aromatic N) is 2. The summed E-state index contributed by atoms with van der Waals surface area (Å²) in [5.41, 5.74) is -1.21. The van der Waals surface area contributed by atoms with Crippen LogP contribution in [-0.2, 0) is 21.3 Å². The highest BCUT2D eigenvalue weighted by Gasteiger charge is 2.64. The monoisotopic (exact) mass is 479 g/mol. The number of piperazine rings is 1. The highest BCUT2D eigenvalue weighted by Crippen LogP contribution is 2.48. The van der Waals surface area contributed by atoms with Crippen molar-refractivity contribution < 1.29 is 14.8 Å². The lowest BCUT2D eigenvalue weighted by Gasteiger charge is -2.56. The topological polar surface area (TPSA) is 60.5 Å².